The van der Waals surface area contributed by atoms with Crippen LogP contribution in [0.3, 0.4) is 0 Å². The highest BCUT2D eigenvalue weighted by Crippen LogP contribution is 1.88. The van der Waals surface area contributed by atoms with Crippen molar-refractivity contribution in [2.24, 2.45) is 10.9 Å². The second-order valence-electron chi connectivity index (χ2n) is 1.63. The Balaban J connectivity index is 3.61. The van der Waals surface area contributed by atoms with Crippen molar-refractivity contribution in [3.05, 3.63) is 11.6 Å². The van der Waals surface area contributed by atoms with Crippen molar-refractivity contribution in [3.63, 3.8) is 0 Å². The zero-order valence-electron chi connectivity index (χ0n) is 5.39. The van der Waals surface area contributed by atoms with Gasteiger partial charge in [-0.05, 0) is 18.9 Å². The van der Waals surface area contributed by atoms with E-state index in [0.717, 1.165) is 12.0 Å². The summed E-state index contributed by atoms with van der Waals surface area (Å²) in [4.78, 5) is 0. The van der Waals surface area contributed by atoms with Crippen LogP contribution in [-0.4, -0.2) is 6.21 Å². The normalized spacial score (nSPS) is 13.0. The van der Waals surface area contributed by atoms with E-state index in [1.165, 1.54) is 0 Å². The Hall–Kier alpha value is -0.790. The highest BCUT2D eigenvalue weighted by molar-refractivity contribution is 5.77. The van der Waals surface area contributed by atoms with Gasteiger partial charge in [0.05, 0.1) is 0 Å². The number of hydrogen-bond acceptors (Lipinski definition) is 2. The van der Waals surface area contributed by atoms with E-state index >= 15 is 0 Å². The minimum absolute atomic E-state index is 1.04. The van der Waals surface area contributed by atoms with Gasteiger partial charge < -0.3 is 5.84 Å². The van der Waals surface area contributed by atoms with E-state index in [2.05, 4.69) is 18.1 Å². The van der Waals surface area contributed by atoms with E-state index in [1.54, 1.807) is 6.21 Å². The molecule has 0 aromatic rings. The summed E-state index contributed by atoms with van der Waals surface area (Å²) >= 11 is 0. The van der Waals surface area contributed by atoms with E-state index in [-0.39, 0.29) is 0 Å². The lowest BCUT2D eigenvalue weighted by Gasteiger charge is -1.84. The summed E-state index contributed by atoms with van der Waals surface area (Å²) in [6.07, 6.45) is 4.75. The third kappa shape index (κ3) is 3.40. The van der Waals surface area contributed by atoms with Crippen molar-refractivity contribution in [1.82, 2.24) is 0 Å². The first-order valence-electron chi connectivity index (χ1n) is 2.71. The van der Waals surface area contributed by atoms with Gasteiger partial charge in [-0.25, -0.2) is 0 Å². The van der Waals surface area contributed by atoms with Gasteiger partial charge in [0, 0.05) is 6.21 Å². The van der Waals surface area contributed by atoms with Crippen molar-refractivity contribution >= 4 is 6.21 Å². The van der Waals surface area contributed by atoms with Crippen molar-refractivity contribution in [3.8, 4) is 0 Å². The molecular weight excluding hydrogens is 100 g/mol. The molecule has 46 valence electrons. The molecule has 0 aromatic heterocycles. The van der Waals surface area contributed by atoms with Gasteiger partial charge in [0.15, 0.2) is 0 Å². The van der Waals surface area contributed by atoms with Crippen LogP contribution in [0.15, 0.2) is 16.8 Å². The zero-order valence-corrected chi connectivity index (χ0v) is 5.39. The van der Waals surface area contributed by atoms with E-state index in [9.17, 15) is 0 Å². The first kappa shape index (κ1) is 7.21. The minimum atomic E-state index is 1.04. The van der Waals surface area contributed by atoms with Crippen LogP contribution in [0, 0.1) is 0 Å². The fraction of sp³-hybridized carbons (Fsp3) is 0.500. The topological polar surface area (TPSA) is 38.4 Å². The van der Waals surface area contributed by atoms with Gasteiger partial charge in [0.2, 0.25) is 0 Å². The summed E-state index contributed by atoms with van der Waals surface area (Å²) in [6.45, 7) is 4.05. The number of hydrogen-bond donors (Lipinski definition) is 1. The maximum atomic E-state index is 4.89. The number of hydrazone groups is 1. The van der Waals surface area contributed by atoms with Crippen molar-refractivity contribution in [2.75, 3.05) is 0 Å². The van der Waals surface area contributed by atoms with Crippen LogP contribution in [0.2, 0.25) is 0 Å². The lowest BCUT2D eigenvalue weighted by atomic mass is 10.3. The molecule has 0 aliphatic carbocycles. The second kappa shape index (κ2) is 4.37. The van der Waals surface area contributed by atoms with Crippen LogP contribution in [0.1, 0.15) is 20.3 Å². The zero-order chi connectivity index (χ0) is 6.41. The van der Waals surface area contributed by atoms with Gasteiger partial charge in [0.1, 0.15) is 0 Å². The molecule has 0 saturated heterocycles. The highest BCUT2D eigenvalue weighted by Gasteiger charge is 1.75. The molecule has 2 heteroatoms. The number of allylic oxidation sites excluding steroid dienone is 2. The molecule has 0 bridgehead atoms. The molecule has 0 unspecified atom stereocenters. The van der Waals surface area contributed by atoms with Crippen LogP contribution >= 0.6 is 0 Å². The second-order valence-corrected chi connectivity index (χ2v) is 1.63. The van der Waals surface area contributed by atoms with Gasteiger partial charge in [0.25, 0.3) is 0 Å². The van der Waals surface area contributed by atoms with E-state index < -0.39 is 0 Å². The van der Waals surface area contributed by atoms with Crippen LogP contribution in [-0.2, 0) is 0 Å². The maximum absolute atomic E-state index is 4.89. The van der Waals surface area contributed by atoms with Gasteiger partial charge >= 0.3 is 0 Å². The first-order chi connectivity index (χ1) is 3.81. The quantitative estimate of drug-likeness (QED) is 0.326. The molecule has 2 nitrogen and oxygen atoms in total. The molecule has 0 aromatic carbocycles. The Bertz CT molecular complexity index is 103. The molecule has 0 atom stereocenters. The van der Waals surface area contributed by atoms with Crippen LogP contribution < -0.4 is 5.84 Å². The summed E-state index contributed by atoms with van der Waals surface area (Å²) in [5, 5.41) is 3.36. The fourth-order valence-electron chi connectivity index (χ4n) is 0.492. The number of nitrogens with two attached hydrogens (primary N) is 1. The minimum Gasteiger partial charge on any atom is -0.323 e. The summed E-state index contributed by atoms with van der Waals surface area (Å²) in [5.74, 6) is 4.89. The molecular formula is C6H12N2. The molecule has 0 fully saturated rings. The molecule has 0 aliphatic rings. The highest BCUT2D eigenvalue weighted by atomic mass is 15.1. The fourth-order valence-corrected chi connectivity index (χ4v) is 0.492. The molecule has 0 aliphatic heterocycles. The van der Waals surface area contributed by atoms with Gasteiger partial charge in [-0.15, -0.1) is 0 Å². The summed E-state index contributed by atoms with van der Waals surface area (Å²) in [7, 11) is 0. The Morgan fingerprint density at radius 2 is 2.38 bits per heavy atom. The Morgan fingerprint density at radius 3 is 2.75 bits per heavy atom. The molecule has 0 heterocycles. The Labute approximate surface area is 50.1 Å². The summed E-state index contributed by atoms with van der Waals surface area (Å²) < 4.78 is 0. The summed E-state index contributed by atoms with van der Waals surface area (Å²) in [5.41, 5.74) is 1.12. The molecule has 0 spiro atoms. The predicted octanol–water partition coefficient (Wildman–Crippen LogP) is 1.29. The molecule has 0 amide bonds. The van der Waals surface area contributed by atoms with Crippen LogP contribution in [0.5, 0.6) is 0 Å². The van der Waals surface area contributed by atoms with Gasteiger partial charge in [-0.1, -0.05) is 13.0 Å². The largest absolute Gasteiger partial charge is 0.323 e. The van der Waals surface area contributed by atoms with Gasteiger partial charge in [-0.2, -0.15) is 5.10 Å². The van der Waals surface area contributed by atoms with E-state index in [1.807, 2.05) is 6.92 Å². The van der Waals surface area contributed by atoms with Gasteiger partial charge in [-0.3, -0.25) is 0 Å². The summed E-state index contributed by atoms with van der Waals surface area (Å²) in [6, 6.07) is 0. The van der Waals surface area contributed by atoms with Crippen molar-refractivity contribution in [2.45, 2.75) is 20.3 Å². The Kier molecular flexibility index (Phi) is 3.94. The van der Waals surface area contributed by atoms with Crippen molar-refractivity contribution < 1.29 is 0 Å². The smallest absolute Gasteiger partial charge is 0.0491 e. The standard InChI is InChI=1S/C6H12N2/c1-3-4-6(2)5-8-7/h4-5H,3,7H2,1-2H3/b6-4+,8-5+. The van der Waals surface area contributed by atoms with E-state index in [0.29, 0.717) is 0 Å². The average molecular weight is 112 g/mol. The van der Waals surface area contributed by atoms with Crippen molar-refractivity contribution in [1.29, 1.82) is 0 Å². The number of nitrogens with zero attached hydrogens (tertiary/aromatic N) is 1. The third-order valence-corrected chi connectivity index (χ3v) is 0.804. The lowest BCUT2D eigenvalue weighted by molar-refractivity contribution is 1.20. The molecule has 0 radical (unpaired) electrons. The molecule has 0 rings (SSSR count). The molecule has 8 heavy (non-hydrogen) atoms. The monoisotopic (exact) mass is 112 g/mol. The van der Waals surface area contributed by atoms with Crippen LogP contribution in [0.25, 0.3) is 0 Å². The maximum Gasteiger partial charge on any atom is 0.0491 e. The predicted molar refractivity (Wildman–Crippen MR) is 36.7 cm³/mol. The third-order valence-electron chi connectivity index (χ3n) is 0.804. The first-order valence-corrected chi connectivity index (χ1v) is 2.71. The number of rotatable bonds is 2. The molecule has 2 N–H and O–H groups in total. The Morgan fingerprint density at radius 1 is 1.75 bits per heavy atom. The van der Waals surface area contributed by atoms with E-state index in [4.69, 9.17) is 5.84 Å². The van der Waals surface area contributed by atoms with Crippen LogP contribution in [0.4, 0.5) is 0 Å². The lowest BCUT2D eigenvalue weighted by Crippen LogP contribution is -1.83. The average Bonchev–Trinajstić information content (AvgIpc) is 1.68. The molecule has 0 saturated carbocycles. The SMILES string of the molecule is CC/C=C(C)/C=N/N.